The third kappa shape index (κ3) is 2.77. The van der Waals surface area contributed by atoms with Crippen LogP contribution in [0.4, 0.5) is 0 Å². The standard InChI is InChI=1S/C9H15N3OS/c1-9(2,3)14(13)11-7-8-10-5-6-12(8)4/h5-7H,1-4H3. The van der Waals surface area contributed by atoms with E-state index >= 15 is 0 Å². The van der Waals surface area contributed by atoms with Crippen LogP contribution in [0.5, 0.6) is 0 Å². The van der Waals surface area contributed by atoms with Crippen molar-refractivity contribution in [3.05, 3.63) is 18.2 Å². The Hall–Kier alpha value is -0.970. The highest BCUT2D eigenvalue weighted by Crippen LogP contribution is 2.11. The molecule has 78 valence electrons. The van der Waals surface area contributed by atoms with Gasteiger partial charge in [0.15, 0.2) is 5.82 Å². The molecular weight excluding hydrogens is 198 g/mol. The molecule has 14 heavy (non-hydrogen) atoms. The summed E-state index contributed by atoms with van der Waals surface area (Å²) < 4.78 is 17.0. The van der Waals surface area contributed by atoms with Gasteiger partial charge < -0.3 is 4.57 Å². The summed E-state index contributed by atoms with van der Waals surface area (Å²) in [4.78, 5) is 4.05. The molecule has 5 heteroatoms. The summed E-state index contributed by atoms with van der Waals surface area (Å²) in [5, 5.41) is 0. The molecule has 0 bridgehead atoms. The highest BCUT2D eigenvalue weighted by atomic mass is 32.2. The van der Waals surface area contributed by atoms with Crippen LogP contribution in [-0.4, -0.2) is 24.7 Å². The number of hydrogen-bond acceptors (Lipinski definition) is 2. The topological polar surface area (TPSA) is 47.2 Å². The first-order valence-corrected chi connectivity index (χ1v) is 5.45. The number of rotatable bonds is 2. The van der Waals surface area contributed by atoms with Crippen LogP contribution in [0.2, 0.25) is 0 Å². The van der Waals surface area contributed by atoms with Crippen LogP contribution < -0.4 is 0 Å². The molecule has 0 fully saturated rings. The Labute approximate surface area is 86.7 Å². The molecule has 0 saturated carbocycles. The van der Waals surface area contributed by atoms with Crippen LogP contribution in [0.15, 0.2) is 16.8 Å². The average molecular weight is 213 g/mol. The minimum Gasteiger partial charge on any atom is -0.333 e. The summed E-state index contributed by atoms with van der Waals surface area (Å²) in [5.74, 6) is 0.711. The lowest BCUT2D eigenvalue weighted by molar-refractivity contribution is 0.651. The first kappa shape index (κ1) is 11.1. The maximum absolute atomic E-state index is 11.5. The van der Waals surface area contributed by atoms with E-state index in [1.165, 1.54) is 0 Å². The van der Waals surface area contributed by atoms with Crippen molar-refractivity contribution in [3.8, 4) is 0 Å². The van der Waals surface area contributed by atoms with Crippen molar-refractivity contribution in [2.24, 2.45) is 11.4 Å². The van der Waals surface area contributed by atoms with Gasteiger partial charge in [-0.1, -0.05) is 0 Å². The van der Waals surface area contributed by atoms with Gasteiger partial charge in [-0.15, -0.1) is 0 Å². The van der Waals surface area contributed by atoms with Crippen LogP contribution >= 0.6 is 0 Å². The lowest BCUT2D eigenvalue weighted by Gasteiger charge is -2.12. The third-order valence-corrected chi connectivity index (χ3v) is 2.99. The third-order valence-electron chi connectivity index (χ3n) is 1.65. The lowest BCUT2D eigenvalue weighted by atomic mass is 10.3. The van der Waals surface area contributed by atoms with Gasteiger partial charge in [0.25, 0.3) is 0 Å². The van der Waals surface area contributed by atoms with Crippen molar-refractivity contribution < 1.29 is 4.21 Å². The van der Waals surface area contributed by atoms with Crippen molar-refractivity contribution in [3.63, 3.8) is 0 Å². The van der Waals surface area contributed by atoms with E-state index in [4.69, 9.17) is 0 Å². The normalized spacial score (nSPS) is 14.9. The van der Waals surface area contributed by atoms with Crippen LogP contribution in [-0.2, 0) is 18.0 Å². The molecule has 1 rings (SSSR count). The smallest absolute Gasteiger partial charge is 0.151 e. The van der Waals surface area contributed by atoms with Crippen molar-refractivity contribution in [2.75, 3.05) is 0 Å². The number of nitrogens with zero attached hydrogens (tertiary/aromatic N) is 3. The van der Waals surface area contributed by atoms with Gasteiger partial charge in [-0.25, -0.2) is 9.19 Å². The van der Waals surface area contributed by atoms with Crippen molar-refractivity contribution in [1.29, 1.82) is 0 Å². The molecule has 0 saturated heterocycles. The Bertz CT molecular complexity index is 362. The van der Waals surface area contributed by atoms with E-state index in [2.05, 4.69) is 9.38 Å². The number of aryl methyl sites for hydroxylation is 1. The largest absolute Gasteiger partial charge is 0.333 e. The summed E-state index contributed by atoms with van der Waals surface area (Å²) in [5.41, 5.74) is 0. The molecule has 0 aromatic carbocycles. The second-order valence-electron chi connectivity index (χ2n) is 3.99. The van der Waals surface area contributed by atoms with Gasteiger partial charge in [-0.3, -0.25) is 0 Å². The second-order valence-corrected chi connectivity index (χ2v) is 5.93. The zero-order chi connectivity index (χ0) is 10.8. The number of aromatic nitrogens is 2. The Balaban J connectivity index is 2.75. The summed E-state index contributed by atoms with van der Waals surface area (Å²) in [7, 11) is 0.655. The van der Waals surface area contributed by atoms with E-state index < -0.39 is 11.0 Å². The molecular formula is C9H15N3OS. The Morgan fingerprint density at radius 2 is 2.21 bits per heavy atom. The molecule has 4 nitrogen and oxygen atoms in total. The van der Waals surface area contributed by atoms with Crippen LogP contribution in [0.3, 0.4) is 0 Å². The Morgan fingerprint density at radius 3 is 2.64 bits per heavy atom. The van der Waals surface area contributed by atoms with E-state index in [-0.39, 0.29) is 4.75 Å². The van der Waals surface area contributed by atoms with E-state index in [1.807, 2.05) is 38.6 Å². The van der Waals surface area contributed by atoms with E-state index in [0.717, 1.165) is 0 Å². The number of hydrogen-bond donors (Lipinski definition) is 0. The highest BCUT2D eigenvalue weighted by molar-refractivity contribution is 7.85. The first-order chi connectivity index (χ1) is 6.41. The molecule has 0 spiro atoms. The predicted molar refractivity (Wildman–Crippen MR) is 58.7 cm³/mol. The summed E-state index contributed by atoms with van der Waals surface area (Å²) in [6.07, 6.45) is 5.05. The van der Waals surface area contributed by atoms with Crippen LogP contribution in [0.25, 0.3) is 0 Å². The molecule has 0 radical (unpaired) electrons. The van der Waals surface area contributed by atoms with Crippen LogP contribution in [0.1, 0.15) is 26.6 Å². The molecule has 1 unspecified atom stereocenters. The molecule has 0 N–H and O–H groups in total. The Morgan fingerprint density at radius 1 is 1.57 bits per heavy atom. The van der Waals surface area contributed by atoms with E-state index in [0.29, 0.717) is 5.82 Å². The lowest BCUT2D eigenvalue weighted by Crippen LogP contribution is -2.19. The molecule has 1 atom stereocenters. The van der Waals surface area contributed by atoms with Crippen molar-refractivity contribution >= 4 is 17.2 Å². The fourth-order valence-electron chi connectivity index (χ4n) is 0.755. The zero-order valence-corrected chi connectivity index (χ0v) is 9.71. The summed E-state index contributed by atoms with van der Waals surface area (Å²) in [6.45, 7) is 5.66. The maximum Gasteiger partial charge on any atom is 0.151 e. The van der Waals surface area contributed by atoms with Crippen molar-refractivity contribution in [2.45, 2.75) is 25.5 Å². The first-order valence-electron chi connectivity index (χ1n) is 4.34. The van der Waals surface area contributed by atoms with Crippen LogP contribution in [0, 0.1) is 0 Å². The van der Waals surface area contributed by atoms with E-state index in [9.17, 15) is 4.21 Å². The molecule has 0 aliphatic carbocycles. The quantitative estimate of drug-likeness (QED) is 0.695. The second kappa shape index (κ2) is 4.04. The fraction of sp³-hybridized carbons (Fsp3) is 0.556. The van der Waals surface area contributed by atoms with Gasteiger partial charge in [0.05, 0.1) is 11.0 Å². The van der Waals surface area contributed by atoms with Gasteiger partial charge in [0, 0.05) is 19.4 Å². The van der Waals surface area contributed by atoms with Gasteiger partial charge in [-0.05, 0) is 20.8 Å². The van der Waals surface area contributed by atoms with E-state index in [1.54, 1.807) is 12.4 Å². The van der Waals surface area contributed by atoms with Gasteiger partial charge in [0.2, 0.25) is 0 Å². The zero-order valence-electron chi connectivity index (χ0n) is 8.89. The summed E-state index contributed by atoms with van der Waals surface area (Å²) in [6, 6.07) is 0. The maximum atomic E-state index is 11.5. The predicted octanol–water partition coefficient (Wildman–Crippen LogP) is 1.30. The van der Waals surface area contributed by atoms with Crippen molar-refractivity contribution in [1.82, 2.24) is 9.55 Å². The fourth-order valence-corrected chi connectivity index (χ4v) is 1.26. The average Bonchev–Trinajstić information content (AvgIpc) is 2.45. The molecule has 0 aliphatic heterocycles. The number of imidazole rings is 1. The molecule has 1 aromatic heterocycles. The van der Waals surface area contributed by atoms with Gasteiger partial charge in [0.1, 0.15) is 11.0 Å². The molecule has 1 heterocycles. The molecule has 0 aliphatic rings. The van der Waals surface area contributed by atoms with Gasteiger partial charge >= 0.3 is 0 Å². The molecule has 0 amide bonds. The minimum atomic E-state index is -1.21. The summed E-state index contributed by atoms with van der Waals surface area (Å²) >= 11 is 0. The SMILES string of the molecule is Cn1ccnc1C=NS(=O)C(C)(C)C. The monoisotopic (exact) mass is 213 g/mol. The highest BCUT2D eigenvalue weighted by Gasteiger charge is 2.18. The Kier molecular flexibility index (Phi) is 3.21. The van der Waals surface area contributed by atoms with Gasteiger partial charge in [-0.2, -0.15) is 4.40 Å². The minimum absolute atomic E-state index is 0.318. The molecule has 1 aromatic rings.